The zero-order valence-corrected chi connectivity index (χ0v) is 19.7. The lowest BCUT2D eigenvalue weighted by Crippen LogP contribution is -2.35. The van der Waals surface area contributed by atoms with Gasteiger partial charge in [-0.3, -0.25) is 9.69 Å². The van der Waals surface area contributed by atoms with Crippen molar-refractivity contribution in [3.05, 3.63) is 52.6 Å². The molecule has 1 amide bonds. The van der Waals surface area contributed by atoms with E-state index in [1.165, 1.54) is 12.0 Å². The Morgan fingerprint density at radius 1 is 1.16 bits per heavy atom. The molecule has 174 valence electrons. The Morgan fingerprint density at radius 2 is 1.91 bits per heavy atom. The summed E-state index contributed by atoms with van der Waals surface area (Å²) in [4.78, 5) is 14.9. The molecule has 0 radical (unpaired) electrons. The van der Waals surface area contributed by atoms with Gasteiger partial charge in [0.2, 0.25) is 5.91 Å². The van der Waals surface area contributed by atoms with Gasteiger partial charge in [-0.15, -0.1) is 0 Å². The van der Waals surface area contributed by atoms with Crippen molar-refractivity contribution in [2.45, 2.75) is 52.6 Å². The Labute approximate surface area is 191 Å². The van der Waals surface area contributed by atoms with Gasteiger partial charge in [0.1, 0.15) is 17.2 Å². The summed E-state index contributed by atoms with van der Waals surface area (Å²) in [5.74, 6) is 2.45. The standard InChI is InChI=1S/C26H36N2O4/c1-18-12-21(13-19(2)26(18)30)17-28-11-5-6-20(16-28)7-10-25(29)27-15-22-8-9-23(31-3)14-24(22)32-4/h8-9,12-14,20,30H,5-7,10-11,15-17H2,1-4H3,(H,27,29)/t20-/m0/s1. The minimum absolute atomic E-state index is 0.0739. The van der Waals surface area contributed by atoms with E-state index >= 15 is 0 Å². The Morgan fingerprint density at radius 3 is 2.59 bits per heavy atom. The maximum Gasteiger partial charge on any atom is 0.220 e. The third kappa shape index (κ3) is 6.39. The van der Waals surface area contributed by atoms with Crippen molar-refractivity contribution in [3.8, 4) is 17.2 Å². The highest BCUT2D eigenvalue weighted by atomic mass is 16.5. The number of nitrogens with zero attached hydrogens (tertiary/aromatic N) is 1. The van der Waals surface area contributed by atoms with Crippen molar-refractivity contribution >= 4 is 5.91 Å². The molecule has 6 nitrogen and oxygen atoms in total. The molecule has 6 heteroatoms. The lowest BCUT2D eigenvalue weighted by atomic mass is 9.92. The minimum Gasteiger partial charge on any atom is -0.507 e. The number of piperidine rings is 1. The van der Waals surface area contributed by atoms with Crippen LogP contribution in [0.2, 0.25) is 0 Å². The summed E-state index contributed by atoms with van der Waals surface area (Å²) in [5, 5.41) is 13.0. The number of methoxy groups -OCH3 is 2. The van der Waals surface area contributed by atoms with E-state index in [9.17, 15) is 9.90 Å². The van der Waals surface area contributed by atoms with Crippen LogP contribution >= 0.6 is 0 Å². The van der Waals surface area contributed by atoms with Crippen LogP contribution in [0.3, 0.4) is 0 Å². The largest absolute Gasteiger partial charge is 0.507 e. The quantitative estimate of drug-likeness (QED) is 0.607. The van der Waals surface area contributed by atoms with Crippen LogP contribution in [-0.4, -0.2) is 43.2 Å². The first-order valence-corrected chi connectivity index (χ1v) is 11.4. The van der Waals surface area contributed by atoms with Crippen LogP contribution in [0.25, 0.3) is 0 Å². The molecule has 2 aromatic rings. The van der Waals surface area contributed by atoms with E-state index in [-0.39, 0.29) is 5.91 Å². The second-order valence-electron chi connectivity index (χ2n) is 8.81. The average Bonchev–Trinajstić information content (AvgIpc) is 2.80. The molecule has 0 saturated carbocycles. The Hall–Kier alpha value is -2.73. The van der Waals surface area contributed by atoms with Gasteiger partial charge in [0.15, 0.2) is 0 Å². The van der Waals surface area contributed by atoms with E-state index in [0.29, 0.717) is 30.4 Å². The molecule has 0 aromatic heterocycles. The first-order valence-electron chi connectivity index (χ1n) is 11.4. The number of likely N-dealkylation sites (tertiary alicyclic amines) is 1. The van der Waals surface area contributed by atoms with Crippen LogP contribution in [0, 0.1) is 19.8 Å². The Bertz CT molecular complexity index is 905. The molecule has 0 unspecified atom stereocenters. The molecule has 0 bridgehead atoms. The molecule has 1 aliphatic rings. The summed E-state index contributed by atoms with van der Waals surface area (Å²) in [6, 6.07) is 9.77. The number of rotatable bonds is 9. The first kappa shape index (κ1) is 23.9. The van der Waals surface area contributed by atoms with Gasteiger partial charge in [-0.25, -0.2) is 0 Å². The van der Waals surface area contributed by atoms with Gasteiger partial charge in [-0.1, -0.05) is 12.1 Å². The summed E-state index contributed by atoms with van der Waals surface area (Å²) in [7, 11) is 3.24. The van der Waals surface area contributed by atoms with Crippen molar-refractivity contribution in [2.75, 3.05) is 27.3 Å². The van der Waals surface area contributed by atoms with Crippen molar-refractivity contribution in [1.82, 2.24) is 10.2 Å². The number of phenols is 1. The van der Waals surface area contributed by atoms with Crippen LogP contribution < -0.4 is 14.8 Å². The summed E-state index contributed by atoms with van der Waals surface area (Å²) in [5.41, 5.74) is 4.03. The van der Waals surface area contributed by atoms with Gasteiger partial charge in [-0.05, 0) is 74.4 Å². The monoisotopic (exact) mass is 440 g/mol. The van der Waals surface area contributed by atoms with E-state index in [2.05, 4.69) is 22.3 Å². The molecule has 1 fully saturated rings. The van der Waals surface area contributed by atoms with Gasteiger partial charge in [0.05, 0.1) is 14.2 Å². The van der Waals surface area contributed by atoms with Gasteiger partial charge < -0.3 is 19.9 Å². The van der Waals surface area contributed by atoms with Crippen LogP contribution in [0.4, 0.5) is 0 Å². The molecule has 1 heterocycles. The highest BCUT2D eigenvalue weighted by Crippen LogP contribution is 2.27. The number of phenolic OH excluding ortho intramolecular Hbond substituents is 1. The SMILES string of the molecule is COc1ccc(CNC(=O)CC[C@@H]2CCCN(Cc3cc(C)c(O)c(C)c3)C2)c(OC)c1. The second-order valence-corrected chi connectivity index (χ2v) is 8.81. The molecule has 1 atom stereocenters. The summed E-state index contributed by atoms with van der Waals surface area (Å²) >= 11 is 0. The highest BCUT2D eigenvalue weighted by Gasteiger charge is 2.21. The smallest absolute Gasteiger partial charge is 0.220 e. The fraction of sp³-hybridized carbons (Fsp3) is 0.500. The number of benzene rings is 2. The Balaban J connectivity index is 1.46. The number of ether oxygens (including phenoxy) is 2. The van der Waals surface area contributed by atoms with Crippen molar-refractivity contribution in [3.63, 3.8) is 0 Å². The molecule has 3 rings (SSSR count). The summed E-state index contributed by atoms with van der Waals surface area (Å²) in [6.45, 7) is 7.33. The van der Waals surface area contributed by atoms with Crippen molar-refractivity contribution in [1.29, 1.82) is 0 Å². The molecule has 2 N–H and O–H groups in total. The number of hydrogen-bond acceptors (Lipinski definition) is 5. The van der Waals surface area contributed by atoms with Gasteiger partial charge >= 0.3 is 0 Å². The number of aryl methyl sites for hydroxylation is 2. The van der Waals surface area contributed by atoms with E-state index in [1.54, 1.807) is 14.2 Å². The maximum atomic E-state index is 12.4. The average molecular weight is 441 g/mol. The fourth-order valence-electron chi connectivity index (χ4n) is 4.54. The third-order valence-electron chi connectivity index (χ3n) is 6.31. The van der Waals surface area contributed by atoms with E-state index < -0.39 is 0 Å². The molecular formula is C26H36N2O4. The predicted octanol–water partition coefficient (Wildman–Crippen LogP) is 4.33. The number of carbonyl (C=O) groups is 1. The van der Waals surface area contributed by atoms with Gasteiger partial charge in [0.25, 0.3) is 0 Å². The molecule has 0 aliphatic carbocycles. The second kappa shape index (κ2) is 11.2. The van der Waals surface area contributed by atoms with E-state index in [1.807, 2.05) is 32.0 Å². The molecule has 0 spiro atoms. The van der Waals surface area contributed by atoms with Crippen LogP contribution in [0.1, 0.15) is 47.9 Å². The number of amides is 1. The normalized spacial score (nSPS) is 16.6. The molecule has 1 saturated heterocycles. The molecular weight excluding hydrogens is 404 g/mol. The maximum absolute atomic E-state index is 12.4. The van der Waals surface area contributed by atoms with Crippen molar-refractivity contribution < 1.29 is 19.4 Å². The summed E-state index contributed by atoms with van der Waals surface area (Å²) < 4.78 is 10.6. The molecule has 32 heavy (non-hydrogen) atoms. The third-order valence-corrected chi connectivity index (χ3v) is 6.31. The van der Waals surface area contributed by atoms with E-state index in [0.717, 1.165) is 54.9 Å². The van der Waals surface area contributed by atoms with Crippen LogP contribution in [0.5, 0.6) is 17.2 Å². The lowest BCUT2D eigenvalue weighted by molar-refractivity contribution is -0.121. The number of aromatic hydroxyl groups is 1. The van der Waals surface area contributed by atoms with Gasteiger partial charge in [-0.2, -0.15) is 0 Å². The zero-order chi connectivity index (χ0) is 23.1. The fourth-order valence-corrected chi connectivity index (χ4v) is 4.54. The van der Waals surface area contributed by atoms with Crippen molar-refractivity contribution in [2.24, 2.45) is 5.92 Å². The molecule has 1 aliphatic heterocycles. The van der Waals surface area contributed by atoms with Crippen LogP contribution in [-0.2, 0) is 17.9 Å². The summed E-state index contributed by atoms with van der Waals surface area (Å²) in [6.07, 6.45) is 3.76. The Kier molecular flexibility index (Phi) is 8.39. The molecule has 2 aromatic carbocycles. The van der Waals surface area contributed by atoms with Gasteiger partial charge in [0, 0.05) is 37.7 Å². The highest BCUT2D eigenvalue weighted by molar-refractivity contribution is 5.75. The predicted molar refractivity (Wildman–Crippen MR) is 126 cm³/mol. The van der Waals surface area contributed by atoms with Crippen LogP contribution in [0.15, 0.2) is 30.3 Å². The number of nitrogens with one attached hydrogen (secondary N) is 1. The first-order chi connectivity index (χ1) is 15.4. The number of carbonyl (C=O) groups excluding carboxylic acids is 1. The topological polar surface area (TPSA) is 71.0 Å². The van der Waals surface area contributed by atoms with E-state index in [4.69, 9.17) is 9.47 Å². The lowest BCUT2D eigenvalue weighted by Gasteiger charge is -2.33. The minimum atomic E-state index is 0.0739. The zero-order valence-electron chi connectivity index (χ0n) is 19.7. The number of hydrogen-bond donors (Lipinski definition) is 2.